The summed E-state index contributed by atoms with van der Waals surface area (Å²) in [5.41, 5.74) is 14.6. The van der Waals surface area contributed by atoms with Gasteiger partial charge in [0.15, 0.2) is 11.6 Å². The number of piperidine rings is 1. The first-order chi connectivity index (χ1) is 12.1. The Hall–Kier alpha value is -2.11. The number of nitrogens with zero attached hydrogens (tertiary/aromatic N) is 1. The molecule has 5 heteroatoms. The lowest BCUT2D eigenvalue weighted by molar-refractivity contribution is 0.0571. The first kappa shape index (κ1) is 16.4. The highest BCUT2D eigenvalue weighted by Crippen LogP contribution is 2.39. The second kappa shape index (κ2) is 6.65. The van der Waals surface area contributed by atoms with E-state index in [0.29, 0.717) is 5.69 Å². The molecule has 1 heterocycles. The highest BCUT2D eigenvalue weighted by molar-refractivity contribution is 5.44. The molecule has 4 N–H and O–H groups in total. The zero-order valence-electron chi connectivity index (χ0n) is 14.2. The van der Waals surface area contributed by atoms with Crippen molar-refractivity contribution in [1.29, 1.82) is 0 Å². The lowest BCUT2D eigenvalue weighted by Gasteiger charge is -2.38. The van der Waals surface area contributed by atoms with E-state index in [1.165, 1.54) is 11.6 Å². The van der Waals surface area contributed by atoms with Gasteiger partial charge in [0.25, 0.3) is 0 Å². The minimum Gasteiger partial charge on any atom is -0.481 e. The second-order valence-electron chi connectivity index (χ2n) is 7.10. The highest BCUT2D eigenvalue weighted by Gasteiger charge is 2.39. The van der Waals surface area contributed by atoms with Gasteiger partial charge >= 0.3 is 0 Å². The van der Waals surface area contributed by atoms with E-state index < -0.39 is 5.82 Å². The summed E-state index contributed by atoms with van der Waals surface area (Å²) < 4.78 is 20.4. The van der Waals surface area contributed by atoms with E-state index in [9.17, 15) is 4.39 Å². The molecule has 1 aliphatic heterocycles. The standard InChI is InChI=1S/C20H24FN3O/c21-17-11-14(22)7-8-19(17)25-20-16-6-2-1-4-13(16)10-18(20)24-9-3-5-15(23)12-24/h1-2,4,6-8,11,15,18,20H,3,5,9-10,12,22-23H2/t15-,18+,20+/m0/s1. The van der Waals surface area contributed by atoms with Gasteiger partial charge in [0, 0.05) is 24.3 Å². The van der Waals surface area contributed by atoms with Crippen LogP contribution in [0, 0.1) is 5.82 Å². The molecule has 25 heavy (non-hydrogen) atoms. The van der Waals surface area contributed by atoms with Crippen LogP contribution in [0.4, 0.5) is 10.1 Å². The molecular formula is C20H24FN3O. The summed E-state index contributed by atoms with van der Waals surface area (Å²) in [7, 11) is 0. The maximum Gasteiger partial charge on any atom is 0.167 e. The van der Waals surface area contributed by atoms with Crippen molar-refractivity contribution in [3.05, 3.63) is 59.4 Å². The maximum absolute atomic E-state index is 14.3. The number of fused-ring (bicyclic) bond motifs is 1. The zero-order chi connectivity index (χ0) is 17.4. The van der Waals surface area contributed by atoms with Crippen LogP contribution < -0.4 is 16.2 Å². The van der Waals surface area contributed by atoms with Crippen LogP contribution in [-0.4, -0.2) is 30.1 Å². The minimum absolute atomic E-state index is 0.181. The Kier molecular flexibility index (Phi) is 4.36. The Morgan fingerprint density at radius 3 is 2.80 bits per heavy atom. The number of rotatable bonds is 3. The van der Waals surface area contributed by atoms with Gasteiger partial charge in [0.1, 0.15) is 6.10 Å². The molecule has 2 aliphatic rings. The summed E-state index contributed by atoms with van der Waals surface area (Å²) in [6.45, 7) is 1.87. The molecule has 0 unspecified atom stereocenters. The number of halogens is 1. The molecule has 1 fully saturated rings. The predicted molar refractivity (Wildman–Crippen MR) is 96.9 cm³/mol. The van der Waals surface area contributed by atoms with Gasteiger partial charge in [-0.05, 0) is 49.1 Å². The van der Waals surface area contributed by atoms with Gasteiger partial charge in [-0.25, -0.2) is 4.39 Å². The fraction of sp³-hybridized carbons (Fsp3) is 0.400. The van der Waals surface area contributed by atoms with Gasteiger partial charge in [-0.3, -0.25) is 4.90 Å². The first-order valence-corrected chi connectivity index (χ1v) is 8.91. The Morgan fingerprint density at radius 1 is 1.16 bits per heavy atom. The third kappa shape index (κ3) is 3.22. The number of nitrogens with two attached hydrogens (primary N) is 2. The molecule has 3 atom stereocenters. The van der Waals surface area contributed by atoms with Crippen LogP contribution in [0.2, 0.25) is 0 Å². The molecule has 4 rings (SSSR count). The molecule has 2 aromatic carbocycles. The Morgan fingerprint density at radius 2 is 2.00 bits per heavy atom. The number of hydrogen-bond acceptors (Lipinski definition) is 4. The van der Waals surface area contributed by atoms with E-state index >= 15 is 0 Å². The van der Waals surface area contributed by atoms with Gasteiger partial charge in [-0.2, -0.15) is 0 Å². The van der Waals surface area contributed by atoms with E-state index in [4.69, 9.17) is 16.2 Å². The van der Waals surface area contributed by atoms with Crippen molar-refractivity contribution in [2.24, 2.45) is 5.73 Å². The normalized spacial score (nSPS) is 26.4. The number of ether oxygens (including phenoxy) is 1. The molecule has 2 aromatic rings. The van der Waals surface area contributed by atoms with Gasteiger partial charge in [-0.15, -0.1) is 0 Å². The zero-order valence-corrected chi connectivity index (χ0v) is 14.2. The molecule has 132 valence electrons. The van der Waals surface area contributed by atoms with Crippen molar-refractivity contribution in [2.45, 2.75) is 37.5 Å². The summed E-state index contributed by atoms with van der Waals surface area (Å²) in [5, 5.41) is 0. The molecule has 1 aliphatic carbocycles. The van der Waals surface area contributed by atoms with Gasteiger partial charge in [0.05, 0.1) is 6.04 Å². The lowest BCUT2D eigenvalue weighted by Crippen LogP contribution is -2.49. The van der Waals surface area contributed by atoms with Crippen LogP contribution in [-0.2, 0) is 6.42 Å². The Bertz CT molecular complexity index is 766. The summed E-state index contributed by atoms with van der Waals surface area (Å²) in [6, 6.07) is 13.3. The van der Waals surface area contributed by atoms with Crippen LogP contribution >= 0.6 is 0 Å². The van der Waals surface area contributed by atoms with E-state index in [2.05, 4.69) is 17.0 Å². The quantitative estimate of drug-likeness (QED) is 0.843. The van der Waals surface area contributed by atoms with Gasteiger partial charge in [-0.1, -0.05) is 24.3 Å². The smallest absolute Gasteiger partial charge is 0.167 e. The molecular weight excluding hydrogens is 317 g/mol. The van der Waals surface area contributed by atoms with Gasteiger partial charge in [0.2, 0.25) is 0 Å². The molecule has 0 saturated carbocycles. The number of hydrogen-bond donors (Lipinski definition) is 2. The number of benzene rings is 2. The van der Waals surface area contributed by atoms with Crippen LogP contribution in [0.3, 0.4) is 0 Å². The maximum atomic E-state index is 14.3. The average molecular weight is 341 g/mol. The first-order valence-electron chi connectivity index (χ1n) is 8.91. The number of anilines is 1. The van der Waals surface area contributed by atoms with Crippen LogP contribution in [0.5, 0.6) is 5.75 Å². The Balaban J connectivity index is 1.65. The van der Waals surface area contributed by atoms with Crippen molar-refractivity contribution in [3.63, 3.8) is 0 Å². The molecule has 1 saturated heterocycles. The SMILES string of the molecule is Nc1ccc(O[C@@H]2c3ccccc3C[C@H]2N2CCC[C@H](N)C2)c(F)c1. The fourth-order valence-electron chi connectivity index (χ4n) is 4.09. The number of likely N-dealkylation sites (tertiary alicyclic amines) is 1. The summed E-state index contributed by atoms with van der Waals surface area (Å²) in [5.74, 6) is -0.166. The van der Waals surface area contributed by atoms with Crippen LogP contribution in [0.15, 0.2) is 42.5 Å². The van der Waals surface area contributed by atoms with Gasteiger partial charge < -0.3 is 16.2 Å². The molecule has 0 bridgehead atoms. The number of nitrogen functional groups attached to an aromatic ring is 1. The molecule has 0 aromatic heterocycles. The van der Waals surface area contributed by atoms with E-state index in [0.717, 1.165) is 37.9 Å². The van der Waals surface area contributed by atoms with E-state index in [-0.39, 0.29) is 23.9 Å². The summed E-state index contributed by atoms with van der Waals surface area (Å²) in [4.78, 5) is 2.41. The summed E-state index contributed by atoms with van der Waals surface area (Å²) in [6.07, 6.45) is 2.87. The largest absolute Gasteiger partial charge is 0.481 e. The lowest BCUT2D eigenvalue weighted by atomic mass is 10.0. The van der Waals surface area contributed by atoms with E-state index in [1.54, 1.807) is 12.1 Å². The van der Waals surface area contributed by atoms with Crippen molar-refractivity contribution < 1.29 is 9.13 Å². The fourth-order valence-corrected chi connectivity index (χ4v) is 4.09. The van der Waals surface area contributed by atoms with Crippen LogP contribution in [0.1, 0.15) is 30.1 Å². The molecule has 4 nitrogen and oxygen atoms in total. The van der Waals surface area contributed by atoms with Crippen LogP contribution in [0.25, 0.3) is 0 Å². The minimum atomic E-state index is -0.418. The third-order valence-corrected chi connectivity index (χ3v) is 5.31. The van der Waals surface area contributed by atoms with E-state index in [1.807, 2.05) is 12.1 Å². The monoisotopic (exact) mass is 341 g/mol. The van der Waals surface area contributed by atoms with Crippen molar-refractivity contribution in [2.75, 3.05) is 18.8 Å². The predicted octanol–water partition coefficient (Wildman–Crippen LogP) is 2.88. The molecule has 0 spiro atoms. The molecule has 0 radical (unpaired) electrons. The Labute approximate surface area is 147 Å². The topological polar surface area (TPSA) is 64.5 Å². The van der Waals surface area contributed by atoms with Crippen molar-refractivity contribution >= 4 is 5.69 Å². The van der Waals surface area contributed by atoms with Crippen molar-refractivity contribution in [1.82, 2.24) is 4.90 Å². The second-order valence-corrected chi connectivity index (χ2v) is 7.10. The molecule has 0 amide bonds. The average Bonchev–Trinajstić information content (AvgIpc) is 2.96. The highest BCUT2D eigenvalue weighted by atomic mass is 19.1. The van der Waals surface area contributed by atoms with Crippen molar-refractivity contribution in [3.8, 4) is 5.75 Å². The summed E-state index contributed by atoms with van der Waals surface area (Å²) >= 11 is 0. The third-order valence-electron chi connectivity index (χ3n) is 5.31.